The van der Waals surface area contributed by atoms with Crippen LogP contribution in [0.5, 0.6) is 0 Å². The Morgan fingerprint density at radius 2 is 2.33 bits per heavy atom. The number of alkyl halides is 2. The second-order valence-corrected chi connectivity index (χ2v) is 1.45. The Labute approximate surface area is 49.6 Å². The van der Waals surface area contributed by atoms with Crippen LogP contribution in [0, 0.1) is 0 Å². The number of halogens is 2. The van der Waals surface area contributed by atoms with Crippen molar-refractivity contribution < 1.29 is 8.78 Å². The maximum Gasteiger partial charge on any atom is 0.392 e. The first-order valence-corrected chi connectivity index (χ1v) is 2.23. The largest absolute Gasteiger partial charge is 0.392 e. The summed E-state index contributed by atoms with van der Waals surface area (Å²) in [6.07, 6.45) is -1.52. The lowest BCUT2D eigenvalue weighted by molar-refractivity contribution is 0.224. The molecule has 0 unspecified atom stereocenters. The number of nitrogens with zero attached hydrogens (tertiary/aromatic N) is 2. The van der Waals surface area contributed by atoms with E-state index >= 15 is 0 Å². The molecule has 0 saturated carbocycles. The molecule has 0 amide bonds. The van der Waals surface area contributed by atoms with Crippen LogP contribution in [0.15, 0.2) is 4.99 Å². The van der Waals surface area contributed by atoms with E-state index < -0.39 is 12.3 Å². The highest BCUT2D eigenvalue weighted by Gasteiger charge is 2.23. The standard InChI is InChI=1S/C4H3F2N3/c5-3(6)4-8-1-2(7)9-4/h1,3,7H/p+1. The summed E-state index contributed by atoms with van der Waals surface area (Å²) in [5.41, 5.74) is 5.01. The van der Waals surface area contributed by atoms with E-state index in [1.54, 1.807) is 0 Å². The first kappa shape index (κ1) is 5.91. The molecule has 0 radical (unpaired) electrons. The molecule has 0 aromatic carbocycles. The van der Waals surface area contributed by atoms with E-state index in [-0.39, 0.29) is 5.84 Å². The summed E-state index contributed by atoms with van der Waals surface area (Å²) in [5.74, 6) is -0.474. The molecule has 0 aromatic heterocycles. The van der Waals surface area contributed by atoms with Crippen LogP contribution in [-0.4, -0.2) is 24.3 Å². The molecule has 0 saturated heterocycles. The molecule has 9 heavy (non-hydrogen) atoms. The van der Waals surface area contributed by atoms with Gasteiger partial charge in [0.15, 0.2) is 6.21 Å². The second-order valence-electron chi connectivity index (χ2n) is 1.45. The molecule has 0 atom stereocenters. The fourth-order valence-electron chi connectivity index (χ4n) is 0.427. The van der Waals surface area contributed by atoms with Crippen molar-refractivity contribution in [3.8, 4) is 0 Å². The van der Waals surface area contributed by atoms with E-state index in [9.17, 15) is 8.78 Å². The maximum atomic E-state index is 11.6. The van der Waals surface area contributed by atoms with Gasteiger partial charge >= 0.3 is 18.1 Å². The summed E-state index contributed by atoms with van der Waals surface area (Å²) in [4.78, 5) is 3.23. The quantitative estimate of drug-likeness (QED) is 0.464. The SMILES string of the molecule is NC1=[N+]=C(C(F)F)N=C1. The van der Waals surface area contributed by atoms with Crippen LogP contribution in [-0.2, 0) is 0 Å². The molecule has 1 aliphatic rings. The predicted molar refractivity (Wildman–Crippen MR) is 30.8 cm³/mol. The number of rotatable bonds is 1. The van der Waals surface area contributed by atoms with Gasteiger partial charge < -0.3 is 5.73 Å². The predicted octanol–water partition coefficient (Wildman–Crippen LogP) is -0.841. The highest BCUT2D eigenvalue weighted by Crippen LogP contribution is 1.94. The maximum absolute atomic E-state index is 11.6. The topological polar surface area (TPSA) is 52.5 Å². The minimum atomic E-state index is -2.62. The molecule has 1 aliphatic heterocycles. The van der Waals surface area contributed by atoms with Gasteiger partial charge in [-0.1, -0.05) is 4.99 Å². The molecule has 0 fully saturated rings. The smallest absolute Gasteiger partial charge is 0.303 e. The Balaban J connectivity index is 2.87. The van der Waals surface area contributed by atoms with E-state index in [4.69, 9.17) is 5.73 Å². The van der Waals surface area contributed by atoms with Gasteiger partial charge in [0.05, 0.1) is 0 Å². The number of amidine groups is 2. The van der Waals surface area contributed by atoms with Crippen molar-refractivity contribution in [1.82, 2.24) is 4.67 Å². The van der Waals surface area contributed by atoms with E-state index in [1.807, 2.05) is 0 Å². The van der Waals surface area contributed by atoms with Gasteiger partial charge in [0.25, 0.3) is 0 Å². The van der Waals surface area contributed by atoms with Crippen LogP contribution >= 0.6 is 0 Å². The third kappa shape index (κ3) is 1.12. The van der Waals surface area contributed by atoms with Crippen LogP contribution in [0.3, 0.4) is 0 Å². The van der Waals surface area contributed by atoms with E-state index in [2.05, 4.69) is 9.66 Å². The first-order chi connectivity index (χ1) is 4.20. The minimum absolute atomic E-state index is 0.0327. The average Bonchev–Trinajstić information content (AvgIpc) is 2.14. The fourth-order valence-corrected chi connectivity index (χ4v) is 0.427. The van der Waals surface area contributed by atoms with Gasteiger partial charge in [-0.15, -0.1) is 0 Å². The molecule has 3 nitrogen and oxygen atoms in total. The van der Waals surface area contributed by atoms with Crippen LogP contribution in [0.2, 0.25) is 0 Å². The number of nitrogens with two attached hydrogens (primary N) is 1. The molecule has 48 valence electrons. The monoisotopic (exact) mass is 132 g/mol. The molecule has 0 bridgehead atoms. The number of aliphatic imine (C=N–C) groups is 1. The summed E-state index contributed by atoms with van der Waals surface area (Å²) < 4.78 is 26.4. The first-order valence-electron chi connectivity index (χ1n) is 2.23. The molecular weight excluding hydrogens is 128 g/mol. The van der Waals surface area contributed by atoms with Gasteiger partial charge in [0.2, 0.25) is 0 Å². The van der Waals surface area contributed by atoms with Gasteiger partial charge in [-0.3, -0.25) is 0 Å². The van der Waals surface area contributed by atoms with Crippen molar-refractivity contribution in [2.75, 3.05) is 0 Å². The average molecular weight is 132 g/mol. The van der Waals surface area contributed by atoms with Crippen LogP contribution < -0.4 is 10.4 Å². The van der Waals surface area contributed by atoms with Gasteiger partial charge in [-0.05, 0) is 0 Å². The summed E-state index contributed by atoms with van der Waals surface area (Å²) in [5, 5.41) is 0. The van der Waals surface area contributed by atoms with E-state index in [0.29, 0.717) is 0 Å². The summed E-state index contributed by atoms with van der Waals surface area (Å²) >= 11 is 0. The van der Waals surface area contributed by atoms with Crippen molar-refractivity contribution in [3.63, 3.8) is 0 Å². The lowest BCUT2D eigenvalue weighted by Crippen LogP contribution is -2.14. The Morgan fingerprint density at radius 3 is 2.56 bits per heavy atom. The van der Waals surface area contributed by atoms with Crippen molar-refractivity contribution in [1.29, 1.82) is 0 Å². The molecule has 1 heterocycles. The Hall–Kier alpha value is -1.22. The Bertz CT molecular complexity index is 212. The van der Waals surface area contributed by atoms with E-state index in [1.165, 1.54) is 0 Å². The van der Waals surface area contributed by atoms with Crippen LogP contribution in [0.1, 0.15) is 0 Å². The second kappa shape index (κ2) is 1.95. The normalized spacial score (nSPS) is 16.3. The zero-order valence-electron chi connectivity index (χ0n) is 4.38. The van der Waals surface area contributed by atoms with Crippen molar-refractivity contribution in [3.05, 3.63) is 0 Å². The molecule has 0 spiro atoms. The molecule has 2 N–H and O–H groups in total. The zero-order valence-corrected chi connectivity index (χ0v) is 4.38. The number of hydrogen-bond acceptors (Lipinski definition) is 2. The summed E-state index contributed by atoms with van der Waals surface area (Å²) in [6.45, 7) is 0. The highest BCUT2D eigenvalue weighted by atomic mass is 19.3. The Morgan fingerprint density at radius 1 is 1.67 bits per heavy atom. The molecule has 1 rings (SSSR count). The van der Waals surface area contributed by atoms with Crippen LogP contribution in [0.25, 0.3) is 0 Å². The third-order valence-corrected chi connectivity index (χ3v) is 0.768. The minimum Gasteiger partial charge on any atom is -0.303 e. The van der Waals surface area contributed by atoms with Gasteiger partial charge in [-0.2, -0.15) is 8.78 Å². The van der Waals surface area contributed by atoms with Crippen molar-refractivity contribution >= 4 is 17.9 Å². The van der Waals surface area contributed by atoms with Gasteiger partial charge in [0.1, 0.15) is 0 Å². The van der Waals surface area contributed by atoms with E-state index in [0.717, 1.165) is 6.21 Å². The van der Waals surface area contributed by atoms with Crippen molar-refractivity contribution in [2.45, 2.75) is 6.43 Å². The Kier molecular flexibility index (Phi) is 1.28. The van der Waals surface area contributed by atoms with Gasteiger partial charge in [-0.25, -0.2) is 4.67 Å². The lowest BCUT2D eigenvalue weighted by atomic mass is 10.6. The summed E-state index contributed by atoms with van der Waals surface area (Å²) in [7, 11) is 0. The van der Waals surface area contributed by atoms with Crippen LogP contribution in [0.4, 0.5) is 8.78 Å². The third-order valence-electron chi connectivity index (χ3n) is 0.768. The zero-order chi connectivity index (χ0) is 6.85. The van der Waals surface area contributed by atoms with Gasteiger partial charge in [0, 0.05) is 0 Å². The van der Waals surface area contributed by atoms with Crippen molar-refractivity contribution in [2.24, 2.45) is 10.7 Å². The number of hydrogen-bond donors (Lipinski definition) is 1. The fraction of sp³-hybridized carbons (Fsp3) is 0.250. The molecule has 0 aliphatic carbocycles. The summed E-state index contributed by atoms with van der Waals surface area (Å²) in [6, 6.07) is 0. The molecule has 5 heteroatoms. The molecule has 0 aromatic rings. The highest BCUT2D eigenvalue weighted by molar-refractivity contribution is 6.33. The lowest BCUT2D eigenvalue weighted by Gasteiger charge is -1.78. The molecular formula is C4H4F2N3+.